The van der Waals surface area contributed by atoms with Crippen molar-refractivity contribution in [2.45, 2.75) is 38.7 Å². The summed E-state index contributed by atoms with van der Waals surface area (Å²) >= 11 is 0. The number of hydrogen-bond acceptors (Lipinski definition) is 3. The Bertz CT molecular complexity index is 209. The number of hydrogen-bond donors (Lipinski definition) is 3. The minimum atomic E-state index is -0.734. The lowest BCUT2D eigenvalue weighted by molar-refractivity contribution is -0.126. The van der Waals surface area contributed by atoms with Crippen molar-refractivity contribution in [3.05, 3.63) is 0 Å². The number of rotatable bonds is 5. The molecule has 1 fully saturated rings. The molecule has 0 bridgehead atoms. The first-order chi connectivity index (χ1) is 7.11. The Balaban J connectivity index is 2.32. The molecule has 4 nitrogen and oxygen atoms in total. The minimum Gasteiger partial charge on any atom is -0.387 e. The van der Waals surface area contributed by atoms with Crippen molar-refractivity contribution in [2.24, 2.45) is 5.92 Å². The molecule has 0 radical (unpaired) electrons. The van der Waals surface area contributed by atoms with Gasteiger partial charge in [0.1, 0.15) is 0 Å². The van der Waals surface area contributed by atoms with Gasteiger partial charge >= 0.3 is 0 Å². The van der Waals surface area contributed by atoms with Crippen molar-refractivity contribution in [1.82, 2.24) is 10.6 Å². The average Bonchev–Trinajstić information content (AvgIpc) is 2.65. The van der Waals surface area contributed by atoms with Crippen LogP contribution >= 0.6 is 0 Å². The van der Waals surface area contributed by atoms with E-state index in [4.69, 9.17) is 0 Å². The summed E-state index contributed by atoms with van der Waals surface area (Å²) in [6.45, 7) is 5.81. The van der Waals surface area contributed by atoms with Gasteiger partial charge in [0.05, 0.1) is 5.60 Å². The molecular formula is C11H22N2O2. The highest BCUT2D eigenvalue weighted by atomic mass is 16.3. The lowest BCUT2D eigenvalue weighted by Crippen LogP contribution is -2.45. The van der Waals surface area contributed by atoms with Crippen LogP contribution in [0.15, 0.2) is 0 Å². The van der Waals surface area contributed by atoms with E-state index in [-0.39, 0.29) is 11.8 Å². The summed E-state index contributed by atoms with van der Waals surface area (Å²) in [5, 5.41) is 15.9. The SMILES string of the molecule is CCC(CC)C(=O)NCC1(O)CCNC1. The van der Waals surface area contributed by atoms with Crippen LogP contribution in [0.4, 0.5) is 0 Å². The smallest absolute Gasteiger partial charge is 0.223 e. The Hall–Kier alpha value is -0.610. The van der Waals surface area contributed by atoms with Gasteiger partial charge in [-0.25, -0.2) is 0 Å². The van der Waals surface area contributed by atoms with Gasteiger partial charge in [0, 0.05) is 19.0 Å². The zero-order valence-electron chi connectivity index (χ0n) is 9.68. The maximum Gasteiger partial charge on any atom is 0.223 e. The van der Waals surface area contributed by atoms with Gasteiger partial charge in [0.2, 0.25) is 5.91 Å². The third kappa shape index (κ3) is 3.47. The predicted molar refractivity (Wildman–Crippen MR) is 59.5 cm³/mol. The van der Waals surface area contributed by atoms with Crippen LogP contribution in [-0.2, 0) is 4.79 Å². The van der Waals surface area contributed by atoms with Crippen LogP contribution in [0.1, 0.15) is 33.1 Å². The highest BCUT2D eigenvalue weighted by molar-refractivity contribution is 5.78. The van der Waals surface area contributed by atoms with Crippen LogP contribution in [-0.4, -0.2) is 36.2 Å². The third-order valence-corrected chi connectivity index (χ3v) is 3.17. The lowest BCUT2D eigenvalue weighted by atomic mass is 10.0. The average molecular weight is 214 g/mol. The predicted octanol–water partition coefficient (Wildman–Crippen LogP) is 0.263. The van der Waals surface area contributed by atoms with Crippen LogP contribution < -0.4 is 10.6 Å². The normalized spacial score (nSPS) is 25.9. The van der Waals surface area contributed by atoms with E-state index in [1.54, 1.807) is 0 Å². The van der Waals surface area contributed by atoms with Crippen LogP contribution in [0.3, 0.4) is 0 Å². The molecule has 0 aromatic heterocycles. The van der Waals surface area contributed by atoms with Crippen LogP contribution in [0.2, 0.25) is 0 Å². The summed E-state index contributed by atoms with van der Waals surface area (Å²) in [5.41, 5.74) is -0.734. The fourth-order valence-electron chi connectivity index (χ4n) is 1.94. The summed E-state index contributed by atoms with van der Waals surface area (Å²) in [7, 11) is 0. The second kappa shape index (κ2) is 5.47. The molecule has 4 heteroatoms. The number of β-amino-alcohol motifs (C(OH)–C–C–N with tert-alkyl or cyclic N) is 1. The van der Waals surface area contributed by atoms with E-state index in [2.05, 4.69) is 10.6 Å². The fraction of sp³-hybridized carbons (Fsp3) is 0.909. The number of amides is 1. The minimum absolute atomic E-state index is 0.0697. The molecule has 1 atom stereocenters. The molecule has 1 heterocycles. The molecule has 1 aliphatic rings. The topological polar surface area (TPSA) is 61.4 Å². The number of carbonyl (C=O) groups excluding carboxylic acids is 1. The highest BCUT2D eigenvalue weighted by Crippen LogP contribution is 2.13. The van der Waals surface area contributed by atoms with Crippen molar-refractivity contribution in [3.63, 3.8) is 0 Å². The maximum absolute atomic E-state index is 11.7. The van der Waals surface area contributed by atoms with Gasteiger partial charge in [-0.2, -0.15) is 0 Å². The van der Waals surface area contributed by atoms with Gasteiger partial charge in [0.25, 0.3) is 0 Å². The van der Waals surface area contributed by atoms with E-state index in [0.29, 0.717) is 13.1 Å². The molecule has 1 rings (SSSR count). The second-order valence-corrected chi connectivity index (χ2v) is 4.38. The van der Waals surface area contributed by atoms with E-state index >= 15 is 0 Å². The molecule has 3 N–H and O–H groups in total. The Morgan fingerprint density at radius 1 is 1.53 bits per heavy atom. The molecule has 0 spiro atoms. The molecule has 1 unspecified atom stereocenters. The van der Waals surface area contributed by atoms with Gasteiger partial charge in [-0.3, -0.25) is 4.79 Å². The summed E-state index contributed by atoms with van der Waals surface area (Å²) in [5.74, 6) is 0.156. The molecule has 1 saturated heterocycles. The zero-order chi connectivity index (χ0) is 11.3. The first kappa shape index (κ1) is 12.5. The highest BCUT2D eigenvalue weighted by Gasteiger charge is 2.31. The van der Waals surface area contributed by atoms with Crippen LogP contribution in [0.5, 0.6) is 0 Å². The molecular weight excluding hydrogens is 192 g/mol. The summed E-state index contributed by atoms with van der Waals surface area (Å²) in [6.07, 6.45) is 2.44. The van der Waals surface area contributed by atoms with E-state index in [1.165, 1.54) is 0 Å². The van der Waals surface area contributed by atoms with E-state index in [0.717, 1.165) is 25.8 Å². The quantitative estimate of drug-likeness (QED) is 0.615. The van der Waals surface area contributed by atoms with Gasteiger partial charge in [-0.15, -0.1) is 0 Å². The van der Waals surface area contributed by atoms with E-state index in [9.17, 15) is 9.90 Å². The third-order valence-electron chi connectivity index (χ3n) is 3.17. The molecule has 0 aliphatic carbocycles. The van der Waals surface area contributed by atoms with Gasteiger partial charge in [-0.1, -0.05) is 13.8 Å². The first-order valence-electron chi connectivity index (χ1n) is 5.82. The second-order valence-electron chi connectivity index (χ2n) is 4.38. The Kier molecular flexibility index (Phi) is 4.54. The summed E-state index contributed by atoms with van der Waals surface area (Å²) in [4.78, 5) is 11.7. The van der Waals surface area contributed by atoms with Crippen LogP contribution in [0, 0.1) is 5.92 Å². The van der Waals surface area contributed by atoms with E-state index < -0.39 is 5.60 Å². The largest absolute Gasteiger partial charge is 0.387 e. The van der Waals surface area contributed by atoms with Crippen molar-refractivity contribution in [3.8, 4) is 0 Å². The lowest BCUT2D eigenvalue weighted by Gasteiger charge is -2.23. The van der Waals surface area contributed by atoms with E-state index in [1.807, 2.05) is 13.8 Å². The first-order valence-corrected chi connectivity index (χ1v) is 5.82. The zero-order valence-corrected chi connectivity index (χ0v) is 9.68. The number of nitrogens with one attached hydrogen (secondary N) is 2. The van der Waals surface area contributed by atoms with Gasteiger partial charge < -0.3 is 15.7 Å². The fourth-order valence-corrected chi connectivity index (χ4v) is 1.94. The molecule has 1 amide bonds. The molecule has 0 aromatic carbocycles. The number of aliphatic hydroxyl groups is 1. The van der Waals surface area contributed by atoms with Gasteiger partial charge in [0.15, 0.2) is 0 Å². The van der Waals surface area contributed by atoms with Crippen LogP contribution in [0.25, 0.3) is 0 Å². The molecule has 1 aliphatic heterocycles. The number of carbonyl (C=O) groups is 1. The molecule has 0 aromatic rings. The summed E-state index contributed by atoms with van der Waals surface area (Å²) < 4.78 is 0. The Morgan fingerprint density at radius 3 is 2.67 bits per heavy atom. The van der Waals surface area contributed by atoms with Gasteiger partial charge in [-0.05, 0) is 25.8 Å². The standard InChI is InChI=1S/C11H22N2O2/c1-3-9(4-2)10(14)13-8-11(15)5-6-12-7-11/h9,12,15H,3-8H2,1-2H3,(H,13,14). The molecule has 15 heavy (non-hydrogen) atoms. The Labute approximate surface area is 91.4 Å². The van der Waals surface area contributed by atoms with Crippen molar-refractivity contribution in [1.29, 1.82) is 0 Å². The maximum atomic E-state index is 11.7. The molecule has 88 valence electrons. The molecule has 0 saturated carbocycles. The summed E-state index contributed by atoms with van der Waals surface area (Å²) in [6, 6.07) is 0. The van der Waals surface area contributed by atoms with Crippen molar-refractivity contribution in [2.75, 3.05) is 19.6 Å². The van der Waals surface area contributed by atoms with Crippen molar-refractivity contribution >= 4 is 5.91 Å². The monoisotopic (exact) mass is 214 g/mol. The Morgan fingerprint density at radius 2 is 2.20 bits per heavy atom. The van der Waals surface area contributed by atoms with Crippen molar-refractivity contribution < 1.29 is 9.90 Å².